The van der Waals surface area contributed by atoms with Crippen molar-refractivity contribution in [3.63, 3.8) is 0 Å². The first-order chi connectivity index (χ1) is 10.5. The van der Waals surface area contributed by atoms with Crippen molar-refractivity contribution >= 4 is 17.3 Å². The van der Waals surface area contributed by atoms with E-state index in [9.17, 15) is 13.2 Å². The molecule has 2 aromatic rings. The van der Waals surface area contributed by atoms with E-state index >= 15 is 0 Å². The van der Waals surface area contributed by atoms with Crippen molar-refractivity contribution in [3.05, 3.63) is 42.2 Å². The van der Waals surface area contributed by atoms with E-state index < -0.39 is 11.7 Å². The molecule has 0 bridgehead atoms. The van der Waals surface area contributed by atoms with Gasteiger partial charge in [-0.15, -0.1) is 0 Å². The van der Waals surface area contributed by atoms with E-state index in [1.807, 2.05) is 0 Å². The first kappa shape index (κ1) is 16.1. The van der Waals surface area contributed by atoms with Crippen LogP contribution in [0, 0.1) is 0 Å². The molecule has 0 atom stereocenters. The van der Waals surface area contributed by atoms with Crippen LogP contribution in [0.1, 0.15) is 25.3 Å². The third-order valence-corrected chi connectivity index (χ3v) is 3.00. The van der Waals surface area contributed by atoms with Crippen LogP contribution in [0.5, 0.6) is 0 Å². The molecular formula is C15H17F3N4. The van der Waals surface area contributed by atoms with Gasteiger partial charge >= 0.3 is 6.18 Å². The molecule has 0 unspecified atom stereocenters. The molecule has 2 N–H and O–H groups in total. The summed E-state index contributed by atoms with van der Waals surface area (Å²) in [6.45, 7) is 2.83. The van der Waals surface area contributed by atoms with E-state index in [-0.39, 0.29) is 5.69 Å². The lowest BCUT2D eigenvalue weighted by atomic mass is 10.1. The van der Waals surface area contributed by atoms with Crippen LogP contribution in [0.3, 0.4) is 0 Å². The predicted molar refractivity (Wildman–Crippen MR) is 80.2 cm³/mol. The number of anilines is 3. The summed E-state index contributed by atoms with van der Waals surface area (Å²) in [6.07, 6.45) is -1.07. The first-order valence-electron chi connectivity index (χ1n) is 7.00. The Balaban J connectivity index is 2.16. The van der Waals surface area contributed by atoms with E-state index in [2.05, 4.69) is 27.5 Å². The molecule has 4 nitrogen and oxygen atoms in total. The van der Waals surface area contributed by atoms with Gasteiger partial charge in [-0.25, -0.2) is 9.97 Å². The second-order valence-electron chi connectivity index (χ2n) is 4.74. The Bertz CT molecular complexity index is 614. The monoisotopic (exact) mass is 310 g/mol. The zero-order valence-corrected chi connectivity index (χ0v) is 12.1. The maximum Gasteiger partial charge on any atom is 0.418 e. The summed E-state index contributed by atoms with van der Waals surface area (Å²) in [5, 5.41) is 5.80. The molecule has 0 amide bonds. The van der Waals surface area contributed by atoms with Crippen LogP contribution in [-0.4, -0.2) is 16.5 Å². The molecule has 1 heterocycles. The van der Waals surface area contributed by atoms with Gasteiger partial charge in [-0.1, -0.05) is 25.5 Å². The van der Waals surface area contributed by atoms with Crippen molar-refractivity contribution in [1.82, 2.24) is 9.97 Å². The number of alkyl halides is 3. The number of unbranched alkanes of at least 4 members (excludes halogenated alkanes) is 1. The molecular weight excluding hydrogens is 293 g/mol. The van der Waals surface area contributed by atoms with Gasteiger partial charge in [0.15, 0.2) is 0 Å². The number of para-hydroxylation sites is 1. The number of hydrogen-bond donors (Lipinski definition) is 2. The summed E-state index contributed by atoms with van der Waals surface area (Å²) in [5.41, 5.74) is -0.762. The Morgan fingerprint density at radius 1 is 1.09 bits per heavy atom. The van der Waals surface area contributed by atoms with Crippen molar-refractivity contribution in [1.29, 1.82) is 0 Å². The third kappa shape index (κ3) is 4.34. The van der Waals surface area contributed by atoms with E-state index in [4.69, 9.17) is 0 Å². The SMILES string of the molecule is CCCCNc1cc(Nc2ccccc2C(F)(F)F)ncn1. The van der Waals surface area contributed by atoms with Crippen molar-refractivity contribution in [2.45, 2.75) is 25.9 Å². The fraction of sp³-hybridized carbons (Fsp3) is 0.333. The van der Waals surface area contributed by atoms with Gasteiger partial charge in [0, 0.05) is 12.6 Å². The summed E-state index contributed by atoms with van der Waals surface area (Å²) in [4.78, 5) is 8.00. The average molecular weight is 310 g/mol. The van der Waals surface area contributed by atoms with Crippen LogP contribution < -0.4 is 10.6 Å². The van der Waals surface area contributed by atoms with Gasteiger partial charge in [-0.05, 0) is 18.6 Å². The number of hydrogen-bond acceptors (Lipinski definition) is 4. The lowest BCUT2D eigenvalue weighted by Gasteiger charge is -2.14. The molecule has 0 saturated carbocycles. The third-order valence-electron chi connectivity index (χ3n) is 3.00. The van der Waals surface area contributed by atoms with Gasteiger partial charge in [-0.3, -0.25) is 0 Å². The highest BCUT2D eigenvalue weighted by atomic mass is 19.4. The Morgan fingerprint density at radius 2 is 1.82 bits per heavy atom. The van der Waals surface area contributed by atoms with Crippen LogP contribution in [0.25, 0.3) is 0 Å². The number of nitrogens with one attached hydrogen (secondary N) is 2. The molecule has 7 heteroatoms. The molecule has 0 fully saturated rings. The first-order valence-corrected chi connectivity index (χ1v) is 7.00. The minimum atomic E-state index is -4.42. The van der Waals surface area contributed by atoms with Crippen LogP contribution in [-0.2, 0) is 6.18 Å². The Hall–Kier alpha value is -2.31. The molecule has 0 saturated heterocycles. The van der Waals surface area contributed by atoms with Crippen LogP contribution in [0.4, 0.5) is 30.5 Å². The van der Waals surface area contributed by atoms with E-state index in [0.29, 0.717) is 11.6 Å². The average Bonchev–Trinajstić information content (AvgIpc) is 2.47. The standard InChI is InChI=1S/C15H17F3N4/c1-2-3-8-19-13-9-14(21-10-20-13)22-12-7-5-4-6-11(12)15(16,17)18/h4-7,9-10H,2-3,8H2,1H3,(H2,19,20,21,22). The van der Waals surface area contributed by atoms with E-state index in [0.717, 1.165) is 25.5 Å². The molecule has 2 rings (SSSR count). The lowest BCUT2D eigenvalue weighted by molar-refractivity contribution is -0.136. The Labute approximate surface area is 126 Å². The van der Waals surface area contributed by atoms with Crippen molar-refractivity contribution in [2.24, 2.45) is 0 Å². The molecule has 118 valence electrons. The Morgan fingerprint density at radius 3 is 2.55 bits per heavy atom. The predicted octanol–water partition coefficient (Wildman–Crippen LogP) is 4.45. The second-order valence-corrected chi connectivity index (χ2v) is 4.74. The van der Waals surface area contributed by atoms with Crippen molar-refractivity contribution in [2.75, 3.05) is 17.2 Å². The van der Waals surface area contributed by atoms with Gasteiger partial charge < -0.3 is 10.6 Å². The Kier molecular flexibility index (Phi) is 5.19. The maximum absolute atomic E-state index is 13.0. The fourth-order valence-corrected chi connectivity index (χ4v) is 1.89. The lowest BCUT2D eigenvalue weighted by Crippen LogP contribution is -2.09. The molecule has 22 heavy (non-hydrogen) atoms. The smallest absolute Gasteiger partial charge is 0.370 e. The van der Waals surface area contributed by atoms with Crippen LogP contribution >= 0.6 is 0 Å². The van der Waals surface area contributed by atoms with Gasteiger partial charge in [-0.2, -0.15) is 13.2 Å². The number of benzene rings is 1. The molecule has 1 aromatic carbocycles. The quantitative estimate of drug-likeness (QED) is 0.774. The van der Waals surface area contributed by atoms with Crippen molar-refractivity contribution < 1.29 is 13.2 Å². The topological polar surface area (TPSA) is 49.8 Å². The van der Waals surface area contributed by atoms with Crippen LogP contribution in [0.15, 0.2) is 36.7 Å². The number of halogens is 3. The summed E-state index contributed by atoms with van der Waals surface area (Å²) in [7, 11) is 0. The van der Waals surface area contributed by atoms with Gasteiger partial charge in [0.05, 0.1) is 11.3 Å². The normalized spacial score (nSPS) is 11.3. The van der Waals surface area contributed by atoms with Gasteiger partial charge in [0.1, 0.15) is 18.0 Å². The van der Waals surface area contributed by atoms with Gasteiger partial charge in [0.25, 0.3) is 0 Å². The zero-order valence-electron chi connectivity index (χ0n) is 12.1. The largest absolute Gasteiger partial charge is 0.418 e. The van der Waals surface area contributed by atoms with Crippen LogP contribution in [0.2, 0.25) is 0 Å². The minimum absolute atomic E-state index is 0.0341. The molecule has 1 aromatic heterocycles. The number of nitrogens with zero attached hydrogens (tertiary/aromatic N) is 2. The molecule has 0 aliphatic rings. The molecule has 0 aliphatic heterocycles. The highest BCUT2D eigenvalue weighted by Crippen LogP contribution is 2.35. The molecule has 0 aliphatic carbocycles. The summed E-state index contributed by atoms with van der Waals surface area (Å²) < 4.78 is 38.9. The highest BCUT2D eigenvalue weighted by molar-refractivity contribution is 5.63. The summed E-state index contributed by atoms with van der Waals surface area (Å²) in [6, 6.07) is 6.88. The minimum Gasteiger partial charge on any atom is -0.370 e. The number of rotatable bonds is 6. The number of aromatic nitrogens is 2. The highest BCUT2D eigenvalue weighted by Gasteiger charge is 2.33. The van der Waals surface area contributed by atoms with E-state index in [1.165, 1.54) is 18.5 Å². The molecule has 0 radical (unpaired) electrons. The zero-order chi connectivity index (χ0) is 16.0. The van der Waals surface area contributed by atoms with Gasteiger partial charge in [0.2, 0.25) is 0 Å². The van der Waals surface area contributed by atoms with Crippen molar-refractivity contribution in [3.8, 4) is 0 Å². The van der Waals surface area contributed by atoms with E-state index in [1.54, 1.807) is 12.1 Å². The fourth-order valence-electron chi connectivity index (χ4n) is 1.89. The summed E-state index contributed by atoms with van der Waals surface area (Å²) in [5.74, 6) is 0.890. The molecule has 0 spiro atoms. The summed E-state index contributed by atoms with van der Waals surface area (Å²) >= 11 is 0. The second kappa shape index (κ2) is 7.11. The maximum atomic E-state index is 13.0.